The van der Waals surface area contributed by atoms with Crippen LogP contribution in [0.25, 0.3) is 0 Å². The molecule has 0 aromatic rings. The molecule has 0 radical (unpaired) electrons. The highest BCUT2D eigenvalue weighted by Gasteiger charge is 2.02. The van der Waals surface area contributed by atoms with Gasteiger partial charge in [-0.3, -0.25) is 4.79 Å². The van der Waals surface area contributed by atoms with E-state index in [-0.39, 0.29) is 11.9 Å². The molecule has 0 spiro atoms. The molecule has 0 rings (SSSR count). The van der Waals surface area contributed by atoms with Crippen molar-refractivity contribution >= 4 is 5.91 Å². The number of unbranched alkanes of at least 4 members (excludes halogenated alkanes) is 1. The van der Waals surface area contributed by atoms with Gasteiger partial charge in [-0.1, -0.05) is 12.7 Å². The van der Waals surface area contributed by atoms with Crippen molar-refractivity contribution in [3.8, 4) is 0 Å². The maximum atomic E-state index is 10.8. The molecule has 12 heavy (non-hydrogen) atoms. The van der Waals surface area contributed by atoms with Crippen molar-refractivity contribution in [1.82, 2.24) is 5.32 Å². The van der Waals surface area contributed by atoms with E-state index in [0.29, 0.717) is 0 Å². The lowest BCUT2D eigenvalue weighted by atomic mass is 10.1. The van der Waals surface area contributed by atoms with Crippen LogP contribution in [0.2, 0.25) is 0 Å². The van der Waals surface area contributed by atoms with Gasteiger partial charge in [-0.25, -0.2) is 0 Å². The van der Waals surface area contributed by atoms with Crippen LogP contribution in [0.3, 0.4) is 0 Å². The van der Waals surface area contributed by atoms with E-state index >= 15 is 0 Å². The SMILES string of the molecule is C=CCCCC(C)NC(=O)C=C. The van der Waals surface area contributed by atoms with Gasteiger partial charge in [0.2, 0.25) is 5.91 Å². The lowest BCUT2D eigenvalue weighted by Gasteiger charge is -2.10. The molecule has 1 N–H and O–H groups in total. The van der Waals surface area contributed by atoms with Crippen molar-refractivity contribution in [1.29, 1.82) is 0 Å². The van der Waals surface area contributed by atoms with Crippen molar-refractivity contribution in [3.63, 3.8) is 0 Å². The van der Waals surface area contributed by atoms with E-state index in [9.17, 15) is 4.79 Å². The Bertz CT molecular complexity index is 163. The molecular formula is C10H17NO. The van der Waals surface area contributed by atoms with E-state index in [1.165, 1.54) is 6.08 Å². The van der Waals surface area contributed by atoms with Crippen molar-refractivity contribution < 1.29 is 4.79 Å². The highest BCUT2D eigenvalue weighted by molar-refractivity contribution is 5.87. The zero-order valence-corrected chi connectivity index (χ0v) is 7.68. The zero-order valence-electron chi connectivity index (χ0n) is 7.68. The molecule has 0 aliphatic rings. The summed E-state index contributed by atoms with van der Waals surface area (Å²) in [4.78, 5) is 10.8. The average molecular weight is 167 g/mol. The standard InChI is InChI=1S/C10H17NO/c1-4-6-7-8-9(3)11-10(12)5-2/h4-5,9H,1-2,6-8H2,3H3,(H,11,12). The molecular weight excluding hydrogens is 150 g/mol. The Morgan fingerprint density at radius 2 is 2.25 bits per heavy atom. The highest BCUT2D eigenvalue weighted by Crippen LogP contribution is 2.00. The van der Waals surface area contributed by atoms with E-state index in [4.69, 9.17) is 0 Å². The van der Waals surface area contributed by atoms with Crippen LogP contribution >= 0.6 is 0 Å². The second-order valence-electron chi connectivity index (χ2n) is 2.83. The summed E-state index contributed by atoms with van der Waals surface area (Å²) in [6.07, 6.45) is 6.26. The van der Waals surface area contributed by atoms with Crippen LogP contribution < -0.4 is 5.32 Å². The minimum absolute atomic E-state index is 0.0962. The third-order valence-electron chi connectivity index (χ3n) is 1.62. The summed E-state index contributed by atoms with van der Waals surface area (Å²) in [5.41, 5.74) is 0. The quantitative estimate of drug-likeness (QED) is 0.366. The van der Waals surface area contributed by atoms with Crippen LogP contribution in [0.4, 0.5) is 0 Å². The maximum absolute atomic E-state index is 10.8. The first-order valence-corrected chi connectivity index (χ1v) is 4.24. The molecule has 0 heterocycles. The first-order chi connectivity index (χ1) is 5.70. The van der Waals surface area contributed by atoms with E-state index in [1.807, 2.05) is 13.0 Å². The van der Waals surface area contributed by atoms with Crippen LogP contribution in [-0.4, -0.2) is 11.9 Å². The lowest BCUT2D eigenvalue weighted by molar-refractivity contribution is -0.117. The van der Waals surface area contributed by atoms with Gasteiger partial charge < -0.3 is 5.32 Å². The van der Waals surface area contributed by atoms with Crippen molar-refractivity contribution in [3.05, 3.63) is 25.3 Å². The number of hydrogen-bond acceptors (Lipinski definition) is 1. The average Bonchev–Trinajstić information content (AvgIpc) is 2.05. The fourth-order valence-corrected chi connectivity index (χ4v) is 0.942. The van der Waals surface area contributed by atoms with E-state index in [2.05, 4.69) is 18.5 Å². The molecule has 68 valence electrons. The molecule has 0 saturated carbocycles. The van der Waals surface area contributed by atoms with Crippen LogP contribution in [-0.2, 0) is 4.79 Å². The molecule has 1 unspecified atom stereocenters. The van der Waals surface area contributed by atoms with Gasteiger partial charge >= 0.3 is 0 Å². The summed E-state index contributed by atoms with van der Waals surface area (Å²) in [6.45, 7) is 9.00. The first-order valence-electron chi connectivity index (χ1n) is 4.24. The predicted molar refractivity (Wildman–Crippen MR) is 51.8 cm³/mol. The number of carbonyl (C=O) groups excluding carboxylic acids is 1. The molecule has 0 aromatic carbocycles. The normalized spacial score (nSPS) is 11.8. The third kappa shape index (κ3) is 5.71. The molecule has 0 aliphatic carbocycles. The van der Waals surface area contributed by atoms with Gasteiger partial charge in [0.1, 0.15) is 0 Å². The highest BCUT2D eigenvalue weighted by atomic mass is 16.1. The van der Waals surface area contributed by atoms with Crippen LogP contribution in [0.5, 0.6) is 0 Å². The molecule has 0 bridgehead atoms. The number of rotatable bonds is 6. The number of allylic oxidation sites excluding steroid dienone is 1. The Morgan fingerprint density at radius 1 is 1.58 bits per heavy atom. The fourth-order valence-electron chi connectivity index (χ4n) is 0.942. The number of carbonyl (C=O) groups is 1. The Kier molecular flexibility index (Phi) is 6.07. The van der Waals surface area contributed by atoms with Crippen LogP contribution in [0.15, 0.2) is 25.3 Å². The molecule has 2 heteroatoms. The second kappa shape index (κ2) is 6.65. The third-order valence-corrected chi connectivity index (χ3v) is 1.62. The van der Waals surface area contributed by atoms with Gasteiger partial charge in [0.05, 0.1) is 0 Å². The molecule has 2 nitrogen and oxygen atoms in total. The van der Waals surface area contributed by atoms with Crippen molar-refractivity contribution in [2.75, 3.05) is 0 Å². The van der Waals surface area contributed by atoms with Crippen LogP contribution in [0.1, 0.15) is 26.2 Å². The minimum Gasteiger partial charge on any atom is -0.350 e. The summed E-state index contributed by atoms with van der Waals surface area (Å²) < 4.78 is 0. The van der Waals surface area contributed by atoms with Crippen LogP contribution in [0, 0.1) is 0 Å². The summed E-state index contributed by atoms with van der Waals surface area (Å²) in [5, 5.41) is 2.80. The molecule has 0 aliphatic heterocycles. The molecule has 0 saturated heterocycles. The molecule has 0 fully saturated rings. The zero-order chi connectivity index (χ0) is 9.40. The monoisotopic (exact) mass is 167 g/mol. The fraction of sp³-hybridized carbons (Fsp3) is 0.500. The maximum Gasteiger partial charge on any atom is 0.243 e. The predicted octanol–water partition coefficient (Wildman–Crippen LogP) is 2.03. The molecule has 0 aromatic heterocycles. The summed E-state index contributed by atoms with van der Waals surface area (Å²) >= 11 is 0. The number of nitrogens with one attached hydrogen (secondary N) is 1. The Balaban J connectivity index is 3.44. The Labute approximate surface area is 74.4 Å². The summed E-state index contributed by atoms with van der Waals surface area (Å²) in [7, 11) is 0. The minimum atomic E-state index is -0.0962. The topological polar surface area (TPSA) is 29.1 Å². The first kappa shape index (κ1) is 11.0. The van der Waals surface area contributed by atoms with Gasteiger partial charge in [-0.2, -0.15) is 0 Å². The molecule has 1 atom stereocenters. The number of amides is 1. The largest absolute Gasteiger partial charge is 0.350 e. The lowest BCUT2D eigenvalue weighted by Crippen LogP contribution is -2.30. The number of hydrogen-bond donors (Lipinski definition) is 1. The van der Waals surface area contributed by atoms with Gasteiger partial charge in [0.15, 0.2) is 0 Å². The Morgan fingerprint density at radius 3 is 2.75 bits per heavy atom. The Hall–Kier alpha value is -1.05. The smallest absolute Gasteiger partial charge is 0.243 e. The van der Waals surface area contributed by atoms with Crippen molar-refractivity contribution in [2.45, 2.75) is 32.2 Å². The van der Waals surface area contributed by atoms with E-state index in [1.54, 1.807) is 0 Å². The van der Waals surface area contributed by atoms with Crippen molar-refractivity contribution in [2.24, 2.45) is 0 Å². The van der Waals surface area contributed by atoms with Gasteiger partial charge in [0.25, 0.3) is 0 Å². The summed E-state index contributed by atoms with van der Waals surface area (Å²) in [5.74, 6) is -0.0962. The molecule has 1 amide bonds. The summed E-state index contributed by atoms with van der Waals surface area (Å²) in [6, 6.07) is 0.232. The van der Waals surface area contributed by atoms with E-state index < -0.39 is 0 Å². The van der Waals surface area contributed by atoms with Gasteiger partial charge in [-0.15, -0.1) is 6.58 Å². The second-order valence-corrected chi connectivity index (χ2v) is 2.83. The van der Waals surface area contributed by atoms with Gasteiger partial charge in [0, 0.05) is 6.04 Å². The van der Waals surface area contributed by atoms with E-state index in [0.717, 1.165) is 19.3 Å². The van der Waals surface area contributed by atoms with Gasteiger partial charge in [-0.05, 0) is 32.3 Å².